The number of nitrogens with zero attached hydrogens (tertiary/aromatic N) is 2. The Kier molecular flexibility index (Phi) is 7.11. The number of aliphatic hydroxyl groups is 1. The lowest BCUT2D eigenvalue weighted by Crippen LogP contribution is -2.17. The molecule has 0 aromatic heterocycles. The van der Waals surface area contributed by atoms with Gasteiger partial charge in [0.15, 0.2) is 0 Å². The highest BCUT2D eigenvalue weighted by Crippen LogP contribution is 2.29. The number of nitro groups is 1. The molecule has 2 aromatic rings. The van der Waals surface area contributed by atoms with Crippen LogP contribution in [0.4, 0.5) is 5.69 Å². The lowest BCUT2D eigenvalue weighted by molar-refractivity contribution is -0.387. The number of amides is 1. The van der Waals surface area contributed by atoms with Crippen molar-refractivity contribution in [1.82, 2.24) is 5.43 Å². The first kappa shape index (κ1) is 19.1. The van der Waals surface area contributed by atoms with Crippen molar-refractivity contribution in [1.29, 1.82) is 0 Å². The summed E-state index contributed by atoms with van der Waals surface area (Å²) in [6, 6.07) is 11.5. The first-order valence-electron chi connectivity index (χ1n) is 7.12. The number of hydrazone groups is 1. The second kappa shape index (κ2) is 9.30. The van der Waals surface area contributed by atoms with E-state index in [1.165, 1.54) is 24.0 Å². The van der Waals surface area contributed by atoms with Crippen molar-refractivity contribution in [2.75, 3.05) is 12.4 Å². The van der Waals surface area contributed by atoms with E-state index in [1.807, 2.05) is 0 Å². The summed E-state index contributed by atoms with van der Waals surface area (Å²) in [6.45, 7) is -0.0628. The molecular formula is C16H14BrN3O4S. The molecule has 0 spiro atoms. The zero-order valence-electron chi connectivity index (χ0n) is 12.9. The standard InChI is InChI=1S/C16H14BrN3O4S/c17-13-3-1-2-12(9-13)16(22)19-18-10-11-4-5-15(25-7-6-21)14(8-11)20(23)24/h1-5,8-10,21H,6-7H2,(H,19,22). The molecule has 0 aliphatic rings. The summed E-state index contributed by atoms with van der Waals surface area (Å²) in [7, 11) is 0. The fourth-order valence-corrected chi connectivity index (χ4v) is 3.05. The molecule has 1 amide bonds. The Hall–Kier alpha value is -2.23. The van der Waals surface area contributed by atoms with E-state index >= 15 is 0 Å². The van der Waals surface area contributed by atoms with Crippen molar-refractivity contribution < 1.29 is 14.8 Å². The number of hydrogen-bond acceptors (Lipinski definition) is 6. The molecular weight excluding hydrogens is 410 g/mol. The van der Waals surface area contributed by atoms with Gasteiger partial charge in [-0.1, -0.05) is 28.1 Å². The average Bonchev–Trinajstić information content (AvgIpc) is 2.60. The second-order valence-electron chi connectivity index (χ2n) is 4.77. The van der Waals surface area contributed by atoms with Gasteiger partial charge in [0.2, 0.25) is 0 Å². The normalized spacial score (nSPS) is 10.8. The number of nitro benzene ring substituents is 1. The topological polar surface area (TPSA) is 105 Å². The first-order valence-corrected chi connectivity index (χ1v) is 8.90. The summed E-state index contributed by atoms with van der Waals surface area (Å²) in [4.78, 5) is 23.1. The smallest absolute Gasteiger partial charge is 0.283 e. The van der Waals surface area contributed by atoms with Gasteiger partial charge in [-0.25, -0.2) is 5.43 Å². The van der Waals surface area contributed by atoms with E-state index in [9.17, 15) is 14.9 Å². The molecule has 2 N–H and O–H groups in total. The van der Waals surface area contributed by atoms with Crippen LogP contribution in [0.5, 0.6) is 0 Å². The molecule has 2 rings (SSSR count). The van der Waals surface area contributed by atoms with Gasteiger partial charge in [-0.05, 0) is 24.3 Å². The molecule has 0 unspecified atom stereocenters. The number of aliphatic hydroxyl groups excluding tert-OH is 1. The molecule has 0 heterocycles. The van der Waals surface area contributed by atoms with Gasteiger partial charge < -0.3 is 5.11 Å². The number of thioether (sulfide) groups is 1. The molecule has 0 bridgehead atoms. The molecule has 0 saturated carbocycles. The Bertz CT molecular complexity index is 814. The minimum Gasteiger partial charge on any atom is -0.396 e. The van der Waals surface area contributed by atoms with Gasteiger partial charge in [0.05, 0.1) is 22.6 Å². The van der Waals surface area contributed by atoms with E-state index in [0.29, 0.717) is 21.8 Å². The van der Waals surface area contributed by atoms with Crippen molar-refractivity contribution in [3.63, 3.8) is 0 Å². The third-order valence-corrected chi connectivity index (χ3v) is 4.53. The second-order valence-corrected chi connectivity index (χ2v) is 6.82. The molecule has 9 heteroatoms. The summed E-state index contributed by atoms with van der Waals surface area (Å²) < 4.78 is 0.774. The highest BCUT2D eigenvalue weighted by Gasteiger charge is 2.14. The van der Waals surface area contributed by atoms with Crippen LogP contribution in [-0.2, 0) is 0 Å². The van der Waals surface area contributed by atoms with E-state index in [2.05, 4.69) is 26.5 Å². The fourth-order valence-electron chi connectivity index (χ4n) is 1.89. The number of benzene rings is 2. The monoisotopic (exact) mass is 423 g/mol. The Labute approximate surface area is 156 Å². The average molecular weight is 424 g/mol. The van der Waals surface area contributed by atoms with Gasteiger partial charge in [-0.2, -0.15) is 5.10 Å². The SMILES string of the molecule is O=C(NN=Cc1ccc(SCCO)c([N+](=O)[O-])c1)c1cccc(Br)c1. The van der Waals surface area contributed by atoms with E-state index in [1.54, 1.807) is 36.4 Å². The fraction of sp³-hybridized carbons (Fsp3) is 0.125. The van der Waals surface area contributed by atoms with Crippen LogP contribution in [0.25, 0.3) is 0 Å². The zero-order chi connectivity index (χ0) is 18.2. The summed E-state index contributed by atoms with van der Waals surface area (Å²) in [5.41, 5.74) is 3.22. The van der Waals surface area contributed by atoms with Crippen molar-refractivity contribution in [3.8, 4) is 0 Å². The van der Waals surface area contributed by atoms with Crippen LogP contribution in [0, 0.1) is 10.1 Å². The number of halogens is 1. The maximum absolute atomic E-state index is 12.0. The molecule has 7 nitrogen and oxygen atoms in total. The first-order chi connectivity index (χ1) is 12.0. The van der Waals surface area contributed by atoms with Gasteiger partial charge in [-0.15, -0.1) is 11.8 Å². The summed E-state index contributed by atoms with van der Waals surface area (Å²) >= 11 is 4.48. The Morgan fingerprint density at radius 3 is 2.84 bits per heavy atom. The van der Waals surface area contributed by atoms with Gasteiger partial charge in [0.1, 0.15) is 0 Å². The van der Waals surface area contributed by atoms with Crippen LogP contribution < -0.4 is 5.43 Å². The largest absolute Gasteiger partial charge is 0.396 e. The van der Waals surface area contributed by atoms with Gasteiger partial charge >= 0.3 is 0 Å². The molecule has 0 aliphatic heterocycles. The number of nitrogens with one attached hydrogen (secondary N) is 1. The van der Waals surface area contributed by atoms with Gasteiger partial charge in [0, 0.05) is 27.4 Å². The lowest BCUT2D eigenvalue weighted by Gasteiger charge is -2.03. The molecule has 0 aliphatic carbocycles. The van der Waals surface area contributed by atoms with Crippen LogP contribution in [-0.4, -0.2) is 34.5 Å². The highest BCUT2D eigenvalue weighted by atomic mass is 79.9. The lowest BCUT2D eigenvalue weighted by atomic mass is 10.2. The highest BCUT2D eigenvalue weighted by molar-refractivity contribution is 9.10. The minimum atomic E-state index is -0.489. The summed E-state index contributed by atoms with van der Waals surface area (Å²) in [5.74, 6) is -0.0149. The molecule has 0 fully saturated rings. The van der Waals surface area contributed by atoms with Gasteiger partial charge in [-0.3, -0.25) is 14.9 Å². The Morgan fingerprint density at radius 1 is 1.36 bits per heavy atom. The third-order valence-electron chi connectivity index (χ3n) is 3.00. The molecule has 0 radical (unpaired) electrons. The van der Waals surface area contributed by atoms with Gasteiger partial charge in [0.25, 0.3) is 11.6 Å². The Morgan fingerprint density at radius 2 is 2.16 bits per heavy atom. The maximum Gasteiger partial charge on any atom is 0.283 e. The van der Waals surface area contributed by atoms with E-state index in [-0.39, 0.29) is 18.2 Å². The van der Waals surface area contributed by atoms with Crippen LogP contribution in [0.2, 0.25) is 0 Å². The van der Waals surface area contributed by atoms with E-state index < -0.39 is 4.92 Å². The molecule has 2 aromatic carbocycles. The quantitative estimate of drug-likeness (QED) is 0.307. The molecule has 0 atom stereocenters. The number of carbonyl (C=O) groups excluding carboxylic acids is 1. The van der Waals surface area contributed by atoms with Crippen molar-refractivity contribution in [3.05, 3.63) is 68.2 Å². The van der Waals surface area contributed by atoms with Crippen LogP contribution in [0.1, 0.15) is 15.9 Å². The predicted molar refractivity (Wildman–Crippen MR) is 100 cm³/mol. The van der Waals surface area contributed by atoms with E-state index in [0.717, 1.165) is 4.47 Å². The maximum atomic E-state index is 12.0. The third kappa shape index (κ3) is 5.66. The van der Waals surface area contributed by atoms with Crippen LogP contribution in [0.15, 0.2) is 56.9 Å². The molecule has 0 saturated heterocycles. The van der Waals surface area contributed by atoms with Crippen LogP contribution in [0.3, 0.4) is 0 Å². The minimum absolute atomic E-state index is 0.0628. The zero-order valence-corrected chi connectivity index (χ0v) is 15.3. The Balaban J connectivity index is 2.08. The van der Waals surface area contributed by atoms with Crippen molar-refractivity contribution >= 4 is 45.5 Å². The number of hydrogen-bond donors (Lipinski definition) is 2. The van der Waals surface area contributed by atoms with E-state index in [4.69, 9.17) is 5.11 Å². The van der Waals surface area contributed by atoms with Crippen LogP contribution >= 0.6 is 27.7 Å². The molecule has 25 heavy (non-hydrogen) atoms. The van der Waals surface area contributed by atoms with Crippen molar-refractivity contribution in [2.24, 2.45) is 5.10 Å². The number of carbonyl (C=O) groups is 1. The summed E-state index contributed by atoms with van der Waals surface area (Å²) in [6.07, 6.45) is 1.34. The molecule has 130 valence electrons. The number of rotatable bonds is 7. The van der Waals surface area contributed by atoms with Crippen molar-refractivity contribution in [2.45, 2.75) is 4.90 Å². The predicted octanol–water partition coefficient (Wildman–Crippen LogP) is 3.21. The summed E-state index contributed by atoms with van der Waals surface area (Å²) in [5, 5.41) is 23.8.